The van der Waals surface area contributed by atoms with Gasteiger partial charge in [-0.3, -0.25) is 4.90 Å². The Hall–Kier alpha value is -2.40. The summed E-state index contributed by atoms with van der Waals surface area (Å²) in [7, 11) is 0. The van der Waals surface area contributed by atoms with E-state index in [1.165, 1.54) is 41.5 Å². The predicted octanol–water partition coefficient (Wildman–Crippen LogP) is 3.93. The highest BCUT2D eigenvalue weighted by atomic mass is 16.5. The average molecular weight is 346 g/mol. The fraction of sp³-hybridized carbons (Fsp3) is 0.429. The normalized spacial score (nSPS) is 27.5. The molecular weight excluding hydrogens is 324 g/mol. The molecule has 3 aliphatic heterocycles. The Kier molecular flexibility index (Phi) is 2.75. The first-order valence-corrected chi connectivity index (χ1v) is 9.56. The summed E-state index contributed by atoms with van der Waals surface area (Å²) in [6.07, 6.45) is 5.97. The van der Waals surface area contributed by atoms with Gasteiger partial charge in [0.15, 0.2) is 5.82 Å². The van der Waals surface area contributed by atoms with E-state index in [1.807, 2.05) is 6.92 Å². The zero-order valence-electron chi connectivity index (χ0n) is 15.2. The Morgan fingerprint density at radius 3 is 2.96 bits per heavy atom. The van der Waals surface area contributed by atoms with E-state index in [9.17, 15) is 0 Å². The molecule has 0 radical (unpaired) electrons. The number of piperidine rings is 1. The summed E-state index contributed by atoms with van der Waals surface area (Å²) in [4.78, 5) is 7.26. The van der Waals surface area contributed by atoms with Crippen LogP contribution in [0.25, 0.3) is 16.6 Å². The number of rotatable bonds is 1. The second kappa shape index (κ2) is 4.86. The van der Waals surface area contributed by atoms with Gasteiger partial charge in [0.25, 0.3) is 5.89 Å². The van der Waals surface area contributed by atoms with Crippen molar-refractivity contribution in [3.63, 3.8) is 0 Å². The van der Waals surface area contributed by atoms with Gasteiger partial charge in [0.05, 0.1) is 11.6 Å². The molecule has 5 nitrogen and oxygen atoms in total. The standard InChI is InChI=1S/C21H22N4O/c1-13-22-20(26-23-13)17-12-21(2)9-5-10-24-11-8-15-14-6-3-4-7-16(14)25(17)18(15)19(21)24/h3-4,6-7,12,19H,5,8-11H2,1-2H3. The van der Waals surface area contributed by atoms with Crippen molar-refractivity contribution in [2.75, 3.05) is 13.1 Å². The first kappa shape index (κ1) is 14.7. The lowest BCUT2D eigenvalue weighted by Crippen LogP contribution is -2.49. The van der Waals surface area contributed by atoms with Crippen LogP contribution < -0.4 is 0 Å². The number of aromatic nitrogens is 3. The number of fused-ring (bicyclic) bond motifs is 3. The number of para-hydroxylation sites is 1. The summed E-state index contributed by atoms with van der Waals surface area (Å²) in [6.45, 7) is 6.64. The van der Waals surface area contributed by atoms with Crippen molar-refractivity contribution >= 4 is 16.6 Å². The number of benzene rings is 1. The molecule has 0 amide bonds. The Balaban J connectivity index is 1.73. The van der Waals surface area contributed by atoms with E-state index in [4.69, 9.17) is 4.52 Å². The third-order valence-electron chi connectivity index (χ3n) is 6.53. The lowest BCUT2D eigenvalue weighted by Gasteiger charge is -2.52. The van der Waals surface area contributed by atoms with Crippen molar-refractivity contribution in [1.29, 1.82) is 0 Å². The topological polar surface area (TPSA) is 47.1 Å². The van der Waals surface area contributed by atoms with E-state index in [-0.39, 0.29) is 5.41 Å². The number of nitrogens with zero attached hydrogens (tertiary/aromatic N) is 4. The van der Waals surface area contributed by atoms with Gasteiger partial charge >= 0.3 is 0 Å². The maximum absolute atomic E-state index is 5.62. The zero-order chi connectivity index (χ0) is 17.5. The molecule has 0 aliphatic carbocycles. The molecule has 0 bridgehead atoms. The van der Waals surface area contributed by atoms with Crippen molar-refractivity contribution in [3.8, 4) is 0 Å². The van der Waals surface area contributed by atoms with E-state index in [1.54, 1.807) is 0 Å². The highest BCUT2D eigenvalue weighted by molar-refractivity contribution is 5.91. The van der Waals surface area contributed by atoms with Crippen molar-refractivity contribution in [3.05, 3.63) is 53.3 Å². The first-order valence-electron chi connectivity index (χ1n) is 9.56. The molecule has 0 saturated carbocycles. The van der Waals surface area contributed by atoms with E-state index < -0.39 is 0 Å². The van der Waals surface area contributed by atoms with Crippen LogP contribution in [0.15, 0.2) is 34.9 Å². The minimum atomic E-state index is 0.107. The van der Waals surface area contributed by atoms with Crippen LogP contribution in [-0.4, -0.2) is 32.7 Å². The quantitative estimate of drug-likeness (QED) is 0.670. The molecule has 0 N–H and O–H groups in total. The van der Waals surface area contributed by atoms with Crippen molar-refractivity contribution < 1.29 is 4.52 Å². The highest BCUT2D eigenvalue weighted by Crippen LogP contribution is 2.55. The maximum Gasteiger partial charge on any atom is 0.274 e. The number of hydrogen-bond donors (Lipinski definition) is 0. The van der Waals surface area contributed by atoms with Crippen LogP contribution in [0.3, 0.4) is 0 Å². The molecule has 1 fully saturated rings. The molecule has 2 unspecified atom stereocenters. The highest BCUT2D eigenvalue weighted by Gasteiger charge is 2.49. The lowest BCUT2D eigenvalue weighted by atomic mass is 9.69. The van der Waals surface area contributed by atoms with Gasteiger partial charge in [-0.2, -0.15) is 4.98 Å². The monoisotopic (exact) mass is 346 g/mol. The average Bonchev–Trinajstić information content (AvgIpc) is 3.22. The van der Waals surface area contributed by atoms with Gasteiger partial charge < -0.3 is 9.09 Å². The molecule has 3 aliphatic rings. The molecule has 5 heterocycles. The van der Waals surface area contributed by atoms with Crippen LogP contribution >= 0.6 is 0 Å². The smallest absolute Gasteiger partial charge is 0.274 e. The van der Waals surface area contributed by atoms with Crippen molar-refractivity contribution in [2.45, 2.75) is 39.2 Å². The van der Waals surface area contributed by atoms with E-state index in [0.717, 1.165) is 18.7 Å². The van der Waals surface area contributed by atoms with Crippen molar-refractivity contribution in [2.24, 2.45) is 5.41 Å². The van der Waals surface area contributed by atoms with Crippen LogP contribution in [0.2, 0.25) is 0 Å². The summed E-state index contributed by atoms with van der Waals surface area (Å²) >= 11 is 0. The SMILES string of the molecule is Cc1noc(C2=CC3(C)CCCN4CCc5c(n2c2ccccc52)C43)n1. The first-order chi connectivity index (χ1) is 12.7. The second-order valence-electron chi connectivity index (χ2n) is 8.19. The molecule has 5 heteroatoms. The third kappa shape index (κ3) is 1.74. The van der Waals surface area contributed by atoms with Crippen LogP contribution in [-0.2, 0) is 6.42 Å². The van der Waals surface area contributed by atoms with E-state index >= 15 is 0 Å². The van der Waals surface area contributed by atoms with Crippen LogP contribution in [0.5, 0.6) is 0 Å². The van der Waals surface area contributed by atoms with Gasteiger partial charge in [0, 0.05) is 23.0 Å². The van der Waals surface area contributed by atoms with Crippen LogP contribution in [0.4, 0.5) is 0 Å². The Labute approximate surface area is 152 Å². The van der Waals surface area contributed by atoms with E-state index in [2.05, 4.69) is 56.9 Å². The zero-order valence-corrected chi connectivity index (χ0v) is 15.2. The fourth-order valence-electron chi connectivity index (χ4n) is 5.55. The molecule has 0 spiro atoms. The second-order valence-corrected chi connectivity index (χ2v) is 8.19. The molecule has 2 atom stereocenters. The molecule has 6 rings (SSSR count). The molecule has 3 aromatic rings. The Morgan fingerprint density at radius 2 is 2.12 bits per heavy atom. The molecule has 1 aromatic carbocycles. The fourth-order valence-corrected chi connectivity index (χ4v) is 5.55. The minimum Gasteiger partial charge on any atom is -0.332 e. The summed E-state index contributed by atoms with van der Waals surface area (Å²) in [5.74, 6) is 1.32. The van der Waals surface area contributed by atoms with Gasteiger partial charge in [-0.15, -0.1) is 0 Å². The Morgan fingerprint density at radius 1 is 1.23 bits per heavy atom. The number of aryl methyl sites for hydroxylation is 1. The molecule has 26 heavy (non-hydrogen) atoms. The lowest BCUT2D eigenvalue weighted by molar-refractivity contribution is 0.0409. The largest absolute Gasteiger partial charge is 0.332 e. The van der Waals surface area contributed by atoms with Gasteiger partial charge in [0.1, 0.15) is 5.70 Å². The van der Waals surface area contributed by atoms with Gasteiger partial charge in [-0.05, 0) is 50.4 Å². The summed E-state index contributed by atoms with van der Waals surface area (Å²) in [5, 5.41) is 5.43. The summed E-state index contributed by atoms with van der Waals surface area (Å²) in [6, 6.07) is 9.21. The van der Waals surface area contributed by atoms with Crippen molar-refractivity contribution in [1.82, 2.24) is 19.6 Å². The van der Waals surface area contributed by atoms with Gasteiger partial charge in [0.2, 0.25) is 0 Å². The van der Waals surface area contributed by atoms with Gasteiger partial charge in [-0.25, -0.2) is 0 Å². The molecule has 132 valence electrons. The maximum atomic E-state index is 5.62. The van der Waals surface area contributed by atoms with Crippen LogP contribution in [0, 0.1) is 12.3 Å². The van der Waals surface area contributed by atoms with E-state index in [0.29, 0.717) is 17.8 Å². The summed E-state index contributed by atoms with van der Waals surface area (Å²) < 4.78 is 8.03. The molecular formula is C21H22N4O. The van der Waals surface area contributed by atoms with Gasteiger partial charge in [-0.1, -0.05) is 30.3 Å². The Bertz CT molecular complexity index is 1080. The van der Waals surface area contributed by atoms with Crippen LogP contribution in [0.1, 0.15) is 48.8 Å². The molecule has 1 saturated heterocycles. The predicted molar refractivity (Wildman–Crippen MR) is 99.7 cm³/mol. The minimum absolute atomic E-state index is 0.107. The third-order valence-corrected chi connectivity index (χ3v) is 6.53. The molecule has 2 aromatic heterocycles. The number of hydrogen-bond acceptors (Lipinski definition) is 4. The summed E-state index contributed by atoms with van der Waals surface area (Å²) in [5.41, 5.74) is 5.39.